The monoisotopic (exact) mass is 358 g/mol. The van der Waals surface area contributed by atoms with Crippen molar-refractivity contribution in [3.05, 3.63) is 36.0 Å². The molecular weight excluding hydrogens is 335 g/mol. The molecule has 138 valence electrons. The summed E-state index contributed by atoms with van der Waals surface area (Å²) in [6.45, 7) is 5.17. The largest absolute Gasteiger partial charge is 0.420 e. The van der Waals surface area contributed by atoms with Crippen LogP contribution in [0.5, 0.6) is 0 Å². The highest BCUT2D eigenvalue weighted by Crippen LogP contribution is 2.32. The summed E-state index contributed by atoms with van der Waals surface area (Å²) >= 11 is 0. The molecule has 1 aromatic heterocycles. The van der Waals surface area contributed by atoms with Gasteiger partial charge < -0.3 is 9.32 Å². The fourth-order valence-corrected chi connectivity index (χ4v) is 4.01. The van der Waals surface area contributed by atoms with Crippen molar-refractivity contribution in [3.63, 3.8) is 0 Å². The van der Waals surface area contributed by atoms with Crippen LogP contribution in [-0.4, -0.2) is 58.1 Å². The smallest absolute Gasteiger partial charge is 0.250 e. The van der Waals surface area contributed by atoms with E-state index in [4.69, 9.17) is 4.42 Å². The first-order valence-electron chi connectivity index (χ1n) is 9.19. The first kappa shape index (κ1) is 17.1. The van der Waals surface area contributed by atoms with Gasteiger partial charge in [-0.25, -0.2) is 4.39 Å². The van der Waals surface area contributed by atoms with Gasteiger partial charge in [-0.3, -0.25) is 9.69 Å². The SMILES string of the molecule is CC(=O)N1CCC(N2CC[C@H](c3nnc(-c4ccccc4F)o3)C2)CC1. The van der Waals surface area contributed by atoms with Gasteiger partial charge in [-0.05, 0) is 37.9 Å². The average Bonchev–Trinajstić information content (AvgIpc) is 3.32. The molecule has 2 aliphatic heterocycles. The Bertz CT molecular complexity index is 785. The van der Waals surface area contributed by atoms with Crippen LogP contribution in [0, 0.1) is 5.82 Å². The Morgan fingerprint density at radius 2 is 1.92 bits per heavy atom. The molecule has 0 radical (unpaired) electrons. The lowest BCUT2D eigenvalue weighted by atomic mass is 10.0. The van der Waals surface area contributed by atoms with Crippen LogP contribution < -0.4 is 0 Å². The zero-order chi connectivity index (χ0) is 18.1. The predicted molar refractivity (Wildman–Crippen MR) is 93.9 cm³/mol. The van der Waals surface area contributed by atoms with Gasteiger partial charge in [0, 0.05) is 32.6 Å². The Morgan fingerprint density at radius 3 is 2.65 bits per heavy atom. The van der Waals surface area contributed by atoms with E-state index in [1.807, 2.05) is 4.90 Å². The van der Waals surface area contributed by atoms with Crippen LogP contribution in [0.3, 0.4) is 0 Å². The second kappa shape index (κ2) is 7.15. The molecular formula is C19H23FN4O2. The molecule has 2 saturated heterocycles. The van der Waals surface area contributed by atoms with Gasteiger partial charge in [0.15, 0.2) is 0 Å². The number of piperidine rings is 1. The fraction of sp³-hybridized carbons (Fsp3) is 0.526. The van der Waals surface area contributed by atoms with Gasteiger partial charge in [-0.2, -0.15) is 0 Å². The molecule has 7 heteroatoms. The number of amides is 1. The molecule has 0 aliphatic carbocycles. The van der Waals surface area contributed by atoms with Crippen LogP contribution in [0.15, 0.2) is 28.7 Å². The van der Waals surface area contributed by atoms with E-state index in [0.29, 0.717) is 17.5 Å². The standard InChI is InChI=1S/C19H23FN4O2/c1-13(25)23-10-7-15(8-11-23)24-9-6-14(12-24)18-21-22-19(26-18)16-4-2-3-5-17(16)20/h2-5,14-15H,6-12H2,1H3/t14-/m0/s1. The van der Waals surface area contributed by atoms with E-state index in [1.54, 1.807) is 25.1 Å². The third-order valence-electron chi connectivity index (χ3n) is 5.54. The highest BCUT2D eigenvalue weighted by molar-refractivity contribution is 5.73. The summed E-state index contributed by atoms with van der Waals surface area (Å²) < 4.78 is 19.7. The average molecular weight is 358 g/mol. The third-order valence-corrected chi connectivity index (χ3v) is 5.54. The van der Waals surface area contributed by atoms with Crippen molar-refractivity contribution < 1.29 is 13.6 Å². The summed E-state index contributed by atoms with van der Waals surface area (Å²) in [7, 11) is 0. The molecule has 6 nitrogen and oxygen atoms in total. The number of carbonyl (C=O) groups excluding carboxylic acids is 1. The zero-order valence-electron chi connectivity index (χ0n) is 14.9. The molecule has 0 unspecified atom stereocenters. The molecule has 2 aromatic rings. The number of benzene rings is 1. The van der Waals surface area contributed by atoms with E-state index in [0.717, 1.165) is 45.4 Å². The molecule has 0 spiro atoms. The van der Waals surface area contributed by atoms with Crippen molar-refractivity contribution in [2.75, 3.05) is 26.2 Å². The van der Waals surface area contributed by atoms with Crippen molar-refractivity contribution in [2.24, 2.45) is 0 Å². The van der Waals surface area contributed by atoms with Crippen LogP contribution >= 0.6 is 0 Å². The number of hydrogen-bond acceptors (Lipinski definition) is 5. The first-order valence-corrected chi connectivity index (χ1v) is 9.19. The van der Waals surface area contributed by atoms with Crippen LogP contribution in [0.4, 0.5) is 4.39 Å². The van der Waals surface area contributed by atoms with Gasteiger partial charge >= 0.3 is 0 Å². The van der Waals surface area contributed by atoms with Crippen LogP contribution in [0.2, 0.25) is 0 Å². The second-order valence-corrected chi connectivity index (χ2v) is 7.14. The number of aromatic nitrogens is 2. The molecule has 0 saturated carbocycles. The Morgan fingerprint density at radius 1 is 1.15 bits per heavy atom. The lowest BCUT2D eigenvalue weighted by Gasteiger charge is -2.36. The van der Waals surface area contributed by atoms with Crippen LogP contribution in [-0.2, 0) is 4.79 Å². The van der Waals surface area contributed by atoms with Gasteiger partial charge in [0.2, 0.25) is 11.8 Å². The third kappa shape index (κ3) is 3.35. The minimum absolute atomic E-state index is 0.161. The van der Waals surface area contributed by atoms with Crippen molar-refractivity contribution >= 4 is 5.91 Å². The number of nitrogens with zero attached hydrogens (tertiary/aromatic N) is 4. The molecule has 4 rings (SSSR count). The zero-order valence-corrected chi connectivity index (χ0v) is 14.9. The topological polar surface area (TPSA) is 62.5 Å². The molecule has 26 heavy (non-hydrogen) atoms. The van der Waals surface area contributed by atoms with Crippen molar-refractivity contribution in [1.82, 2.24) is 20.0 Å². The predicted octanol–water partition coefficient (Wildman–Crippen LogP) is 2.68. The quantitative estimate of drug-likeness (QED) is 0.844. The number of likely N-dealkylation sites (tertiary alicyclic amines) is 2. The van der Waals surface area contributed by atoms with Crippen LogP contribution in [0.25, 0.3) is 11.5 Å². The van der Waals surface area contributed by atoms with E-state index in [9.17, 15) is 9.18 Å². The maximum atomic E-state index is 13.9. The molecule has 2 aliphatic rings. The number of halogens is 1. The van der Waals surface area contributed by atoms with Crippen molar-refractivity contribution in [2.45, 2.75) is 38.1 Å². The fourth-order valence-electron chi connectivity index (χ4n) is 4.01. The molecule has 0 bridgehead atoms. The molecule has 1 aromatic carbocycles. The summed E-state index contributed by atoms with van der Waals surface area (Å²) in [6.07, 6.45) is 2.99. The molecule has 1 atom stereocenters. The second-order valence-electron chi connectivity index (χ2n) is 7.14. The lowest BCUT2D eigenvalue weighted by molar-refractivity contribution is -0.130. The maximum Gasteiger partial charge on any atom is 0.250 e. The summed E-state index contributed by atoms with van der Waals surface area (Å²) in [4.78, 5) is 15.9. The lowest BCUT2D eigenvalue weighted by Crippen LogP contribution is -2.45. The van der Waals surface area contributed by atoms with Gasteiger partial charge in [-0.15, -0.1) is 10.2 Å². The normalized spacial score (nSPS) is 22.1. The minimum atomic E-state index is -0.354. The van der Waals surface area contributed by atoms with Gasteiger partial charge in [-0.1, -0.05) is 12.1 Å². The van der Waals surface area contributed by atoms with E-state index < -0.39 is 0 Å². The molecule has 0 N–H and O–H groups in total. The van der Waals surface area contributed by atoms with E-state index in [-0.39, 0.29) is 23.5 Å². The molecule has 3 heterocycles. The number of hydrogen-bond donors (Lipinski definition) is 0. The highest BCUT2D eigenvalue weighted by Gasteiger charge is 2.34. The van der Waals surface area contributed by atoms with E-state index >= 15 is 0 Å². The van der Waals surface area contributed by atoms with Crippen LogP contribution in [0.1, 0.15) is 38.0 Å². The Labute approximate surface area is 152 Å². The maximum absolute atomic E-state index is 13.9. The summed E-state index contributed by atoms with van der Waals surface area (Å²) in [5, 5.41) is 8.21. The summed E-state index contributed by atoms with van der Waals surface area (Å²) in [5.74, 6) is 0.828. The molecule has 1 amide bonds. The molecule has 2 fully saturated rings. The minimum Gasteiger partial charge on any atom is -0.420 e. The first-order chi connectivity index (χ1) is 12.6. The van der Waals surface area contributed by atoms with Crippen molar-refractivity contribution in [3.8, 4) is 11.5 Å². The Kier molecular flexibility index (Phi) is 4.72. The van der Waals surface area contributed by atoms with E-state index in [2.05, 4.69) is 15.1 Å². The number of carbonyl (C=O) groups is 1. The van der Waals surface area contributed by atoms with Gasteiger partial charge in [0.1, 0.15) is 5.82 Å². The highest BCUT2D eigenvalue weighted by atomic mass is 19.1. The number of rotatable bonds is 3. The summed E-state index contributed by atoms with van der Waals surface area (Å²) in [6, 6.07) is 6.94. The Hall–Kier alpha value is -2.28. The van der Waals surface area contributed by atoms with Gasteiger partial charge in [0.05, 0.1) is 11.5 Å². The van der Waals surface area contributed by atoms with Gasteiger partial charge in [0.25, 0.3) is 5.89 Å². The van der Waals surface area contributed by atoms with Crippen molar-refractivity contribution in [1.29, 1.82) is 0 Å². The van der Waals surface area contributed by atoms with E-state index in [1.165, 1.54) is 6.07 Å². The summed E-state index contributed by atoms with van der Waals surface area (Å²) in [5.41, 5.74) is 0.345. The Balaban J connectivity index is 1.39.